The van der Waals surface area contributed by atoms with E-state index in [4.69, 9.17) is 16.6 Å². The van der Waals surface area contributed by atoms with Crippen LogP contribution in [0.3, 0.4) is 0 Å². The van der Waals surface area contributed by atoms with Crippen molar-refractivity contribution in [2.75, 3.05) is 6.61 Å². The Balaban J connectivity index is 2.24. The molecule has 1 saturated heterocycles. The van der Waals surface area contributed by atoms with E-state index in [0.29, 0.717) is 10.9 Å². The summed E-state index contributed by atoms with van der Waals surface area (Å²) in [4.78, 5) is 0. The second kappa shape index (κ2) is 6.11. The molecule has 0 aliphatic carbocycles. The number of ether oxygens (including phenoxy) is 1. The third kappa shape index (κ3) is 2.36. The molecule has 0 saturated carbocycles. The number of rotatable bonds is 3. The van der Waals surface area contributed by atoms with Gasteiger partial charge in [0.2, 0.25) is 12.0 Å². The van der Waals surface area contributed by atoms with Crippen molar-refractivity contribution >= 4 is 38.7 Å². The van der Waals surface area contributed by atoms with Crippen LogP contribution in [0.25, 0.3) is 10.9 Å². The van der Waals surface area contributed by atoms with Crippen LogP contribution < -0.4 is 0 Å². The zero-order valence-electron chi connectivity index (χ0n) is 12.1. The summed E-state index contributed by atoms with van der Waals surface area (Å²) in [5.74, 6) is -0.169. The summed E-state index contributed by atoms with van der Waals surface area (Å²) in [6.07, 6.45) is -4.10. The summed E-state index contributed by atoms with van der Waals surface area (Å²) in [6.45, 7) is -0.759. The lowest BCUT2D eigenvalue weighted by molar-refractivity contribution is -0.347. The third-order valence-corrected chi connectivity index (χ3v) is 5.24. The fraction of sp³-hybridized carbons (Fsp3) is 0.429. The van der Waals surface area contributed by atoms with Gasteiger partial charge in [0.1, 0.15) is 11.9 Å². The number of aliphatic hydroxyl groups excluding tert-OH is 3. The van der Waals surface area contributed by atoms with Crippen LogP contribution in [0.15, 0.2) is 30.5 Å². The number of aliphatic hydroxyl groups is 4. The average Bonchev–Trinajstić information content (AvgIpc) is 2.94. The summed E-state index contributed by atoms with van der Waals surface area (Å²) in [5, 5.41) is 52.2. The van der Waals surface area contributed by atoms with E-state index in [0.717, 1.165) is 10.8 Å². The first kappa shape index (κ1) is 17.9. The third-order valence-electron chi connectivity index (χ3n) is 4.20. The van der Waals surface area contributed by atoms with Gasteiger partial charge >= 0.3 is 0 Å². The molecule has 8 nitrogen and oxygen atoms in total. The number of hydrogen-bond donors (Lipinski definition) is 5. The van der Waals surface area contributed by atoms with Gasteiger partial charge in [0.05, 0.1) is 24.0 Å². The van der Waals surface area contributed by atoms with Crippen LogP contribution in [0.4, 0.5) is 0 Å². The quantitative estimate of drug-likeness (QED) is 0.450. The Bertz CT molecular complexity index is 758. The largest absolute Gasteiger partial charge is 0.506 e. The van der Waals surface area contributed by atoms with Gasteiger partial charge in [-0.2, -0.15) is 0 Å². The summed E-state index contributed by atoms with van der Waals surface area (Å²) < 4.78 is 8.93. The Hall–Kier alpha value is -0.910. The minimum absolute atomic E-state index is 0.169. The fourth-order valence-corrected chi connectivity index (χ4v) is 3.58. The van der Waals surface area contributed by atoms with Gasteiger partial charge in [-0.25, -0.2) is 4.29 Å². The number of aromatic nitrogens is 1. The molecule has 132 valence electrons. The van der Waals surface area contributed by atoms with Gasteiger partial charge in [-0.1, -0.05) is 12.1 Å². The molecule has 1 aliphatic rings. The van der Waals surface area contributed by atoms with Crippen LogP contribution in [0, 0.1) is 0 Å². The molecule has 1 aromatic carbocycles. The van der Waals surface area contributed by atoms with Gasteiger partial charge < -0.3 is 34.8 Å². The highest BCUT2D eigenvalue weighted by Gasteiger charge is 2.63. The van der Waals surface area contributed by atoms with Crippen molar-refractivity contribution in [3.8, 4) is 5.75 Å². The van der Waals surface area contributed by atoms with Gasteiger partial charge in [-0.05, 0) is 28.1 Å². The first-order chi connectivity index (χ1) is 11.3. The molecule has 10 heteroatoms. The Morgan fingerprint density at radius 3 is 2.62 bits per heavy atom. The van der Waals surface area contributed by atoms with E-state index in [1.807, 2.05) is 0 Å². The Morgan fingerprint density at radius 1 is 1.33 bits per heavy atom. The van der Waals surface area contributed by atoms with Gasteiger partial charge in [0.25, 0.3) is 0 Å². The van der Waals surface area contributed by atoms with Gasteiger partial charge in [-0.15, -0.1) is 0 Å². The first-order valence-electron chi connectivity index (χ1n) is 6.92. The maximum absolute atomic E-state index is 11.2. The van der Waals surface area contributed by atoms with E-state index >= 15 is 0 Å². The summed E-state index contributed by atoms with van der Waals surface area (Å²) in [7, 11) is 0. The molecule has 0 amide bonds. The monoisotopic (exact) mass is 423 g/mol. The highest BCUT2D eigenvalue weighted by molar-refractivity contribution is 9.10. The lowest BCUT2D eigenvalue weighted by atomic mass is 9.91. The van der Waals surface area contributed by atoms with E-state index in [1.54, 1.807) is 24.3 Å². The minimum Gasteiger partial charge on any atom is -0.506 e. The molecule has 2 aromatic rings. The molecule has 5 N–H and O–H groups in total. The fourth-order valence-electron chi connectivity index (χ4n) is 2.92. The number of fused-ring (bicyclic) bond motifs is 1. The van der Waals surface area contributed by atoms with Crippen LogP contribution in [0.1, 0.15) is 0 Å². The van der Waals surface area contributed by atoms with Gasteiger partial charge in [-0.3, -0.25) is 0 Å². The SMILES string of the molecule is OC[C@@]1(Br)O[C@H](OCl)[C@H](O)[C@](O)(n2cc(O)c3ccccc32)[C@@H]1O. The van der Waals surface area contributed by atoms with Crippen LogP contribution in [-0.4, -0.2) is 59.7 Å². The first-order valence-corrected chi connectivity index (χ1v) is 8.02. The number of halogens is 2. The van der Waals surface area contributed by atoms with E-state index in [1.165, 1.54) is 0 Å². The second-order valence-electron chi connectivity index (χ2n) is 5.55. The lowest BCUT2D eigenvalue weighted by Crippen LogP contribution is -2.70. The smallest absolute Gasteiger partial charge is 0.209 e. The highest BCUT2D eigenvalue weighted by Crippen LogP contribution is 2.45. The zero-order chi connectivity index (χ0) is 17.7. The molecule has 1 aliphatic heterocycles. The number of benzene rings is 1. The molecule has 0 unspecified atom stereocenters. The molecule has 0 radical (unpaired) electrons. The molecule has 0 bridgehead atoms. The highest BCUT2D eigenvalue weighted by atomic mass is 79.9. The van der Waals surface area contributed by atoms with Crippen molar-refractivity contribution in [3.63, 3.8) is 0 Å². The number of hydrogen-bond acceptors (Lipinski definition) is 7. The Kier molecular flexibility index (Phi) is 4.56. The van der Waals surface area contributed by atoms with Crippen LogP contribution in [0.2, 0.25) is 0 Å². The molecular formula is C14H15BrClNO7. The maximum atomic E-state index is 11.2. The molecule has 3 rings (SSSR count). The van der Waals surface area contributed by atoms with E-state index in [9.17, 15) is 25.5 Å². The number of para-hydroxylation sites is 1. The van der Waals surface area contributed by atoms with E-state index in [2.05, 4.69) is 20.2 Å². The molecule has 2 heterocycles. The van der Waals surface area contributed by atoms with Crippen molar-refractivity contribution in [1.82, 2.24) is 4.57 Å². The summed E-state index contributed by atoms with van der Waals surface area (Å²) >= 11 is 8.31. The topological polar surface area (TPSA) is 125 Å². The van der Waals surface area contributed by atoms with Gasteiger partial charge in [0, 0.05) is 11.6 Å². The molecule has 1 fully saturated rings. The normalized spacial score (nSPS) is 37.0. The van der Waals surface area contributed by atoms with Crippen molar-refractivity contribution in [3.05, 3.63) is 30.5 Å². The van der Waals surface area contributed by atoms with Gasteiger partial charge in [0.15, 0.2) is 10.6 Å². The van der Waals surface area contributed by atoms with E-state index in [-0.39, 0.29) is 5.75 Å². The molecule has 24 heavy (non-hydrogen) atoms. The zero-order valence-corrected chi connectivity index (χ0v) is 14.4. The molecule has 1 aromatic heterocycles. The number of alkyl halides is 1. The van der Waals surface area contributed by atoms with Crippen LogP contribution >= 0.6 is 27.8 Å². The number of nitrogens with zero attached hydrogens (tertiary/aromatic N) is 1. The van der Waals surface area contributed by atoms with Crippen molar-refractivity contribution in [2.24, 2.45) is 0 Å². The number of aromatic hydroxyl groups is 1. The standard InChI is InChI=1S/C14H15BrClNO7/c15-13(6-18)12(21)14(22,10(20)11(23-13)24-16)17-5-9(19)7-3-1-2-4-8(7)17/h1-5,10-12,18-22H,6H2/t10-,11+,12+,13+,14+/m0/s1. The van der Waals surface area contributed by atoms with Crippen LogP contribution in [-0.2, 0) is 14.8 Å². The second-order valence-corrected chi connectivity index (χ2v) is 7.07. The summed E-state index contributed by atoms with van der Waals surface area (Å²) in [5.41, 5.74) is -2.09. The van der Waals surface area contributed by atoms with Crippen LogP contribution in [0.5, 0.6) is 5.75 Å². The predicted octanol–water partition coefficient (Wildman–Crippen LogP) is 0.324. The molecule has 0 spiro atoms. The van der Waals surface area contributed by atoms with E-state index < -0.39 is 35.3 Å². The predicted molar refractivity (Wildman–Crippen MR) is 86.4 cm³/mol. The maximum Gasteiger partial charge on any atom is 0.209 e. The van der Waals surface area contributed by atoms with Crippen molar-refractivity contribution in [2.45, 2.75) is 28.7 Å². The lowest BCUT2D eigenvalue weighted by Gasteiger charge is -2.51. The molecule has 5 atom stereocenters. The Morgan fingerprint density at radius 2 is 2.00 bits per heavy atom. The van der Waals surface area contributed by atoms with Crippen molar-refractivity contribution < 1.29 is 34.6 Å². The molecular weight excluding hydrogens is 410 g/mol. The Labute approximate surface area is 149 Å². The van der Waals surface area contributed by atoms with Crippen molar-refractivity contribution in [1.29, 1.82) is 0 Å². The average molecular weight is 425 g/mol. The summed E-state index contributed by atoms with van der Waals surface area (Å²) in [6, 6.07) is 6.52. The minimum atomic E-state index is -2.43.